The van der Waals surface area contributed by atoms with Crippen molar-refractivity contribution >= 4 is 5.91 Å². The average Bonchev–Trinajstić information content (AvgIpc) is 3.49. The number of carbonyl (C=O) groups excluding carboxylic acids is 1. The summed E-state index contributed by atoms with van der Waals surface area (Å²) in [7, 11) is 0. The predicted octanol–water partition coefficient (Wildman–Crippen LogP) is 4.01. The van der Waals surface area contributed by atoms with E-state index in [2.05, 4.69) is 34.5 Å². The highest BCUT2D eigenvalue weighted by Gasteiger charge is 2.23. The van der Waals surface area contributed by atoms with Gasteiger partial charge in [-0.3, -0.25) is 9.69 Å². The summed E-state index contributed by atoms with van der Waals surface area (Å²) in [6, 6.07) is 14.5. The van der Waals surface area contributed by atoms with E-state index in [4.69, 9.17) is 9.47 Å². The molecule has 5 heteroatoms. The number of hydrogen-bond acceptors (Lipinski definition) is 4. The lowest BCUT2D eigenvalue weighted by Crippen LogP contribution is -2.33. The molecule has 0 aromatic heterocycles. The Morgan fingerprint density at radius 2 is 1.63 bits per heavy atom. The molecule has 0 bridgehead atoms. The molecule has 0 atom stereocenters. The van der Waals surface area contributed by atoms with E-state index in [0.29, 0.717) is 18.6 Å². The molecular weight excluding hydrogens is 376 g/mol. The van der Waals surface area contributed by atoms with Crippen molar-refractivity contribution in [3.8, 4) is 11.5 Å². The zero-order chi connectivity index (χ0) is 20.3. The maximum Gasteiger partial charge on any atom is 0.251 e. The van der Waals surface area contributed by atoms with Crippen LogP contribution in [0.4, 0.5) is 0 Å². The number of benzene rings is 2. The Hall–Kier alpha value is -2.53. The van der Waals surface area contributed by atoms with E-state index < -0.39 is 0 Å². The minimum absolute atomic E-state index is 0.0604. The number of rotatable bonds is 7. The van der Waals surface area contributed by atoms with Gasteiger partial charge in [-0.2, -0.15) is 0 Å². The predicted molar refractivity (Wildman–Crippen MR) is 116 cm³/mol. The van der Waals surface area contributed by atoms with Gasteiger partial charge in [0.15, 0.2) is 11.5 Å². The number of hydrogen-bond donors (Lipinski definition) is 1. The maximum absolute atomic E-state index is 12.2. The van der Waals surface area contributed by atoms with E-state index in [1.54, 1.807) is 0 Å². The largest absolute Gasteiger partial charge is 0.454 e. The van der Waals surface area contributed by atoms with Gasteiger partial charge in [-0.1, -0.05) is 18.2 Å². The molecule has 1 aliphatic carbocycles. The second-order valence-corrected chi connectivity index (χ2v) is 8.96. The molecule has 2 aliphatic heterocycles. The molecule has 0 spiro atoms. The summed E-state index contributed by atoms with van der Waals surface area (Å²) >= 11 is 0. The molecule has 2 heterocycles. The number of nitrogens with zero attached hydrogens (tertiary/aromatic N) is 1. The average molecular weight is 407 g/mol. The molecule has 3 aliphatic rings. The molecule has 5 nitrogen and oxygen atoms in total. The van der Waals surface area contributed by atoms with Crippen LogP contribution in [-0.2, 0) is 13.0 Å². The molecule has 5 rings (SSSR count). The first-order valence-electron chi connectivity index (χ1n) is 11.2. The van der Waals surface area contributed by atoms with Crippen molar-refractivity contribution in [1.82, 2.24) is 10.2 Å². The number of likely N-dealkylation sites (tertiary alicyclic amines) is 1. The fraction of sp³-hybridized carbons (Fsp3) is 0.480. The van der Waals surface area contributed by atoms with E-state index in [1.807, 2.05) is 18.2 Å². The van der Waals surface area contributed by atoms with E-state index >= 15 is 0 Å². The van der Waals surface area contributed by atoms with Crippen LogP contribution in [0.2, 0.25) is 0 Å². The molecule has 1 saturated heterocycles. The zero-order valence-corrected chi connectivity index (χ0v) is 17.4. The lowest BCUT2D eigenvalue weighted by atomic mass is 9.89. The van der Waals surface area contributed by atoms with Gasteiger partial charge in [0.1, 0.15) is 0 Å². The Labute approximate surface area is 178 Å². The Morgan fingerprint density at radius 3 is 2.40 bits per heavy atom. The molecule has 1 N–H and O–H groups in total. The number of piperidine rings is 1. The second-order valence-electron chi connectivity index (χ2n) is 8.96. The number of nitrogens with one attached hydrogen (secondary N) is 1. The molecule has 30 heavy (non-hydrogen) atoms. The highest BCUT2D eigenvalue weighted by atomic mass is 16.7. The Morgan fingerprint density at radius 1 is 0.900 bits per heavy atom. The fourth-order valence-electron chi connectivity index (χ4n) is 4.43. The molecule has 1 amide bonds. The third-order valence-corrected chi connectivity index (χ3v) is 6.54. The van der Waals surface area contributed by atoms with Gasteiger partial charge in [-0.25, -0.2) is 0 Å². The van der Waals surface area contributed by atoms with Crippen LogP contribution in [-0.4, -0.2) is 37.2 Å². The fourth-order valence-corrected chi connectivity index (χ4v) is 4.43. The summed E-state index contributed by atoms with van der Waals surface area (Å²) in [5, 5.41) is 3.04. The molecule has 158 valence electrons. The van der Waals surface area contributed by atoms with Crippen molar-refractivity contribution in [1.29, 1.82) is 0 Å². The Balaban J connectivity index is 1.08. The minimum Gasteiger partial charge on any atom is -0.454 e. The first kappa shape index (κ1) is 19.4. The summed E-state index contributed by atoms with van der Waals surface area (Å²) < 4.78 is 10.9. The Kier molecular flexibility index (Phi) is 5.63. The first-order valence-corrected chi connectivity index (χ1v) is 11.2. The first-order chi connectivity index (χ1) is 14.7. The van der Waals surface area contributed by atoms with Gasteiger partial charge in [0.25, 0.3) is 5.91 Å². The third-order valence-electron chi connectivity index (χ3n) is 6.54. The Bertz CT molecular complexity index is 884. The quantitative estimate of drug-likeness (QED) is 0.755. The van der Waals surface area contributed by atoms with Crippen molar-refractivity contribution in [2.45, 2.75) is 38.6 Å². The monoisotopic (exact) mass is 406 g/mol. The number of ether oxygens (including phenoxy) is 2. The highest BCUT2D eigenvalue weighted by Crippen LogP contribution is 2.33. The summed E-state index contributed by atoms with van der Waals surface area (Å²) in [6.07, 6.45) is 6.05. The van der Waals surface area contributed by atoms with Gasteiger partial charge >= 0.3 is 0 Å². The zero-order valence-electron chi connectivity index (χ0n) is 17.4. The van der Waals surface area contributed by atoms with Crippen LogP contribution in [0, 0.1) is 11.8 Å². The van der Waals surface area contributed by atoms with E-state index in [1.165, 1.54) is 36.8 Å². The lowest BCUT2D eigenvalue weighted by Gasteiger charge is -2.32. The molecule has 2 aromatic carbocycles. The number of fused-ring (bicyclic) bond motifs is 1. The molecule has 2 fully saturated rings. The van der Waals surface area contributed by atoms with Crippen LogP contribution >= 0.6 is 0 Å². The van der Waals surface area contributed by atoms with Gasteiger partial charge in [0, 0.05) is 18.7 Å². The van der Waals surface area contributed by atoms with Crippen molar-refractivity contribution in [3.63, 3.8) is 0 Å². The van der Waals surface area contributed by atoms with E-state index in [0.717, 1.165) is 49.7 Å². The van der Waals surface area contributed by atoms with Crippen molar-refractivity contribution in [2.24, 2.45) is 11.8 Å². The molecule has 0 unspecified atom stereocenters. The lowest BCUT2D eigenvalue weighted by molar-refractivity contribution is 0.0952. The number of amides is 1. The minimum atomic E-state index is 0.0604. The van der Waals surface area contributed by atoms with Crippen LogP contribution in [0.5, 0.6) is 11.5 Å². The normalized spacial score (nSPS) is 19.1. The van der Waals surface area contributed by atoms with Gasteiger partial charge in [-0.15, -0.1) is 0 Å². The summed E-state index contributed by atoms with van der Waals surface area (Å²) in [5.41, 5.74) is 3.40. The van der Waals surface area contributed by atoms with Crippen molar-refractivity contribution in [2.75, 3.05) is 26.4 Å². The van der Waals surface area contributed by atoms with Gasteiger partial charge in [0.05, 0.1) is 0 Å². The SMILES string of the molecule is O=C(NCC1CC1)c1ccc(CC2CCN(Cc3ccc4c(c3)OCO4)CC2)cc1. The van der Waals surface area contributed by atoms with Crippen LogP contribution in [0.3, 0.4) is 0 Å². The van der Waals surface area contributed by atoms with E-state index in [9.17, 15) is 4.79 Å². The van der Waals surface area contributed by atoms with Gasteiger partial charge < -0.3 is 14.8 Å². The van der Waals surface area contributed by atoms with Crippen LogP contribution in [0.25, 0.3) is 0 Å². The van der Waals surface area contributed by atoms with Gasteiger partial charge in [0.2, 0.25) is 6.79 Å². The van der Waals surface area contributed by atoms with Gasteiger partial charge in [-0.05, 0) is 92.4 Å². The van der Waals surface area contributed by atoms with Crippen LogP contribution < -0.4 is 14.8 Å². The topological polar surface area (TPSA) is 50.8 Å². The van der Waals surface area contributed by atoms with E-state index in [-0.39, 0.29) is 5.91 Å². The summed E-state index contributed by atoms with van der Waals surface area (Å²) in [4.78, 5) is 14.7. The molecule has 1 saturated carbocycles. The molecular formula is C25H30N2O3. The smallest absolute Gasteiger partial charge is 0.251 e. The highest BCUT2D eigenvalue weighted by molar-refractivity contribution is 5.94. The summed E-state index contributed by atoms with van der Waals surface area (Å²) in [6.45, 7) is 4.37. The van der Waals surface area contributed by atoms with Crippen molar-refractivity contribution < 1.29 is 14.3 Å². The number of carbonyl (C=O) groups is 1. The van der Waals surface area contributed by atoms with Crippen LogP contribution in [0.15, 0.2) is 42.5 Å². The van der Waals surface area contributed by atoms with Crippen LogP contribution in [0.1, 0.15) is 47.2 Å². The standard InChI is InChI=1S/C25H30N2O3/c28-25(26-15-20-1-2-20)22-6-3-18(4-7-22)13-19-9-11-27(12-10-19)16-21-5-8-23-24(14-21)30-17-29-23/h3-8,14,19-20H,1-2,9-13,15-17H2,(H,26,28). The second kappa shape index (κ2) is 8.68. The molecule has 2 aromatic rings. The summed E-state index contributed by atoms with van der Waals surface area (Å²) in [5.74, 6) is 3.21. The third kappa shape index (κ3) is 4.78. The van der Waals surface area contributed by atoms with Crippen molar-refractivity contribution in [3.05, 3.63) is 59.2 Å². The molecule has 0 radical (unpaired) electrons. The maximum atomic E-state index is 12.2.